The Morgan fingerprint density at radius 2 is 1.93 bits per heavy atom. The second-order valence-corrected chi connectivity index (χ2v) is 6.78. The first-order valence-electron chi connectivity index (χ1n) is 8.34. The van der Waals surface area contributed by atoms with E-state index >= 15 is 0 Å². The molecule has 2 heterocycles. The van der Waals surface area contributed by atoms with Crippen LogP contribution in [0.4, 0.5) is 13.2 Å². The van der Waals surface area contributed by atoms with Crippen LogP contribution in [-0.2, 0) is 0 Å². The summed E-state index contributed by atoms with van der Waals surface area (Å²) in [5.41, 5.74) is 2.53. The molecule has 1 aliphatic heterocycles. The smallest absolute Gasteiger partial charge is 0.257 e. The number of aromatic amines is 1. The summed E-state index contributed by atoms with van der Waals surface area (Å²) in [6.45, 7) is 0.593. The minimum absolute atomic E-state index is 0.250. The van der Waals surface area contributed by atoms with E-state index in [1.54, 1.807) is 6.07 Å². The van der Waals surface area contributed by atoms with Crippen molar-refractivity contribution in [2.45, 2.75) is 6.42 Å². The van der Waals surface area contributed by atoms with Gasteiger partial charge in [-0.15, -0.1) is 0 Å². The van der Waals surface area contributed by atoms with Crippen LogP contribution >= 0.6 is 11.6 Å². The van der Waals surface area contributed by atoms with Crippen LogP contribution in [0.5, 0.6) is 0 Å². The van der Waals surface area contributed by atoms with Gasteiger partial charge in [0.1, 0.15) is 0 Å². The van der Waals surface area contributed by atoms with E-state index in [1.807, 2.05) is 24.4 Å². The number of aromatic nitrogens is 1. The van der Waals surface area contributed by atoms with E-state index in [4.69, 9.17) is 11.6 Å². The molecular formula is C20H14ClF3N2O. The first-order chi connectivity index (χ1) is 13.0. The average Bonchev–Trinajstić information content (AvgIpc) is 3.09. The lowest BCUT2D eigenvalue weighted by Gasteiger charge is -2.26. The molecule has 0 saturated heterocycles. The highest BCUT2D eigenvalue weighted by Gasteiger charge is 2.25. The molecule has 1 N–H and O–H groups in total. The van der Waals surface area contributed by atoms with Gasteiger partial charge in [-0.05, 0) is 42.3 Å². The second-order valence-electron chi connectivity index (χ2n) is 6.35. The number of hydrogen-bond acceptors (Lipinski definition) is 1. The molecule has 1 aromatic heterocycles. The maximum absolute atomic E-state index is 13.9. The van der Waals surface area contributed by atoms with Crippen molar-refractivity contribution in [1.82, 2.24) is 9.88 Å². The van der Waals surface area contributed by atoms with Gasteiger partial charge in [0.2, 0.25) is 0 Å². The van der Waals surface area contributed by atoms with Crippen LogP contribution in [0.15, 0.2) is 42.6 Å². The fourth-order valence-electron chi connectivity index (χ4n) is 3.32. The molecule has 1 amide bonds. The Morgan fingerprint density at radius 1 is 1.11 bits per heavy atom. The molecule has 0 unspecified atom stereocenters. The summed E-state index contributed by atoms with van der Waals surface area (Å²) in [6.07, 6.45) is 4.32. The number of benzene rings is 2. The lowest BCUT2D eigenvalue weighted by molar-refractivity contribution is 0.0767. The Labute approximate surface area is 158 Å². The van der Waals surface area contributed by atoms with E-state index in [9.17, 15) is 18.0 Å². The molecule has 0 saturated carbocycles. The van der Waals surface area contributed by atoms with Crippen molar-refractivity contribution in [3.05, 3.63) is 76.2 Å². The largest absolute Gasteiger partial charge is 0.361 e. The molecule has 2 aromatic carbocycles. The summed E-state index contributed by atoms with van der Waals surface area (Å²) in [5.74, 6) is -5.07. The fraction of sp³-hybridized carbons (Fsp3) is 0.150. The fourth-order valence-corrected chi connectivity index (χ4v) is 3.49. The Kier molecular flexibility index (Phi) is 4.44. The van der Waals surface area contributed by atoms with Gasteiger partial charge in [-0.1, -0.05) is 17.7 Å². The van der Waals surface area contributed by atoms with Crippen molar-refractivity contribution in [2.75, 3.05) is 13.1 Å². The van der Waals surface area contributed by atoms with Gasteiger partial charge in [-0.3, -0.25) is 4.79 Å². The zero-order chi connectivity index (χ0) is 19.1. The number of halogens is 4. The van der Waals surface area contributed by atoms with Gasteiger partial charge in [0, 0.05) is 40.8 Å². The van der Waals surface area contributed by atoms with Crippen molar-refractivity contribution in [3.63, 3.8) is 0 Å². The molecule has 1 aliphatic rings. The van der Waals surface area contributed by atoms with Crippen LogP contribution in [-0.4, -0.2) is 28.9 Å². The summed E-state index contributed by atoms with van der Waals surface area (Å²) in [4.78, 5) is 17.1. The number of fused-ring (bicyclic) bond motifs is 1. The van der Waals surface area contributed by atoms with Gasteiger partial charge in [0.15, 0.2) is 17.5 Å². The van der Waals surface area contributed by atoms with Crippen molar-refractivity contribution >= 4 is 34.0 Å². The molecule has 3 aromatic rings. The number of amides is 1. The molecule has 3 nitrogen and oxygen atoms in total. The molecule has 0 bridgehead atoms. The standard InChI is InChI=1S/C20H14ClF3N2O/c21-12-1-4-17-14(9-12)15(10-25-17)11-5-7-26(8-6-11)20(27)13-2-3-16(22)19(24)18(13)23/h1-5,9-10,25H,6-8H2. The first-order valence-corrected chi connectivity index (χ1v) is 8.72. The zero-order valence-corrected chi connectivity index (χ0v) is 14.8. The predicted octanol–water partition coefficient (Wildman–Crippen LogP) is 5.17. The molecule has 0 atom stereocenters. The molecule has 0 radical (unpaired) electrons. The molecule has 0 spiro atoms. The van der Waals surface area contributed by atoms with Crippen LogP contribution in [0.25, 0.3) is 16.5 Å². The molecule has 7 heteroatoms. The number of nitrogens with one attached hydrogen (secondary N) is 1. The average molecular weight is 391 g/mol. The normalized spacial score (nSPS) is 14.5. The molecule has 27 heavy (non-hydrogen) atoms. The zero-order valence-electron chi connectivity index (χ0n) is 14.0. The third kappa shape index (κ3) is 3.10. The topological polar surface area (TPSA) is 36.1 Å². The first kappa shape index (κ1) is 17.7. The highest BCUT2D eigenvalue weighted by Crippen LogP contribution is 2.31. The molecular weight excluding hydrogens is 377 g/mol. The van der Waals surface area contributed by atoms with Gasteiger partial charge in [0.05, 0.1) is 5.56 Å². The maximum Gasteiger partial charge on any atom is 0.257 e. The Morgan fingerprint density at radius 3 is 2.67 bits per heavy atom. The molecule has 138 valence electrons. The minimum Gasteiger partial charge on any atom is -0.361 e. The summed E-state index contributed by atoms with van der Waals surface area (Å²) in [5, 5.41) is 1.62. The van der Waals surface area contributed by atoms with E-state index in [0.29, 0.717) is 18.0 Å². The van der Waals surface area contributed by atoms with Gasteiger partial charge in [0.25, 0.3) is 5.91 Å². The quantitative estimate of drug-likeness (QED) is 0.602. The van der Waals surface area contributed by atoms with E-state index in [2.05, 4.69) is 4.98 Å². The van der Waals surface area contributed by atoms with Crippen molar-refractivity contribution < 1.29 is 18.0 Å². The Bertz CT molecular complexity index is 1090. The van der Waals surface area contributed by atoms with Crippen LogP contribution in [0, 0.1) is 17.5 Å². The van der Waals surface area contributed by atoms with E-state index in [1.165, 1.54) is 4.90 Å². The molecule has 4 rings (SSSR count). The maximum atomic E-state index is 13.9. The van der Waals surface area contributed by atoms with E-state index < -0.39 is 28.9 Å². The monoisotopic (exact) mass is 390 g/mol. The minimum atomic E-state index is -1.63. The number of carbonyl (C=O) groups excluding carboxylic acids is 1. The van der Waals surface area contributed by atoms with Crippen LogP contribution in [0.2, 0.25) is 5.02 Å². The third-order valence-corrected chi connectivity index (χ3v) is 4.99. The predicted molar refractivity (Wildman–Crippen MR) is 98.1 cm³/mol. The lowest BCUT2D eigenvalue weighted by atomic mass is 9.98. The summed E-state index contributed by atoms with van der Waals surface area (Å²) in [7, 11) is 0. The summed E-state index contributed by atoms with van der Waals surface area (Å²) in [6, 6.07) is 7.30. The van der Waals surface area contributed by atoms with Gasteiger partial charge in [-0.2, -0.15) is 0 Å². The van der Waals surface area contributed by atoms with Crippen molar-refractivity contribution in [2.24, 2.45) is 0 Å². The van der Waals surface area contributed by atoms with Gasteiger partial charge >= 0.3 is 0 Å². The van der Waals surface area contributed by atoms with Crippen molar-refractivity contribution in [1.29, 1.82) is 0 Å². The Balaban J connectivity index is 1.59. The number of rotatable bonds is 2. The van der Waals surface area contributed by atoms with Crippen LogP contribution in [0.3, 0.4) is 0 Å². The summed E-state index contributed by atoms with van der Waals surface area (Å²) < 4.78 is 40.4. The second kappa shape index (κ2) is 6.78. The Hall–Kier alpha value is -2.73. The highest BCUT2D eigenvalue weighted by molar-refractivity contribution is 6.31. The number of nitrogens with zero attached hydrogens (tertiary/aromatic N) is 1. The SMILES string of the molecule is O=C(c1ccc(F)c(F)c1F)N1CC=C(c2c[nH]c3ccc(Cl)cc23)CC1. The van der Waals surface area contributed by atoms with Crippen LogP contribution in [0.1, 0.15) is 22.3 Å². The lowest BCUT2D eigenvalue weighted by Crippen LogP contribution is -2.35. The van der Waals surface area contributed by atoms with E-state index in [0.717, 1.165) is 34.2 Å². The molecule has 0 fully saturated rings. The van der Waals surface area contributed by atoms with E-state index in [-0.39, 0.29) is 6.54 Å². The number of hydrogen-bond donors (Lipinski definition) is 1. The van der Waals surface area contributed by atoms with Gasteiger partial charge in [-0.25, -0.2) is 13.2 Å². The van der Waals surface area contributed by atoms with Crippen molar-refractivity contribution in [3.8, 4) is 0 Å². The number of H-pyrrole nitrogens is 1. The molecule has 0 aliphatic carbocycles. The highest BCUT2D eigenvalue weighted by atomic mass is 35.5. The number of carbonyl (C=O) groups is 1. The third-order valence-electron chi connectivity index (χ3n) is 4.75. The van der Waals surface area contributed by atoms with Crippen LogP contribution < -0.4 is 0 Å². The summed E-state index contributed by atoms with van der Waals surface area (Å²) >= 11 is 6.08. The van der Waals surface area contributed by atoms with Gasteiger partial charge < -0.3 is 9.88 Å².